The first-order chi connectivity index (χ1) is 12.9. The molecule has 0 aliphatic heterocycles. The molecule has 0 unspecified atom stereocenters. The molecule has 0 spiro atoms. The standard InChI is InChI=1S/C19H17ClN4O3/c1-23(18(26)13-8-5-9-14(20)10-13)15-16(21)24(19(27)22-17(15)25)11-12-6-3-2-4-7-12/h2-10H,11,21H2,1H3,(H,22,25,27). The van der Waals surface area contributed by atoms with Crippen molar-refractivity contribution in [3.8, 4) is 0 Å². The molecule has 138 valence electrons. The van der Waals surface area contributed by atoms with Crippen molar-refractivity contribution >= 4 is 29.0 Å². The van der Waals surface area contributed by atoms with Gasteiger partial charge in [0.15, 0.2) is 5.69 Å². The van der Waals surface area contributed by atoms with Crippen LogP contribution in [0.1, 0.15) is 15.9 Å². The summed E-state index contributed by atoms with van der Waals surface area (Å²) in [5, 5.41) is 0.394. The first-order valence-corrected chi connectivity index (χ1v) is 8.46. The zero-order valence-electron chi connectivity index (χ0n) is 14.5. The Bertz CT molecular complexity index is 1110. The number of aromatic nitrogens is 2. The molecule has 3 aromatic rings. The number of carbonyl (C=O) groups is 1. The summed E-state index contributed by atoms with van der Waals surface area (Å²) in [6.45, 7) is 0.161. The highest BCUT2D eigenvalue weighted by atomic mass is 35.5. The van der Waals surface area contributed by atoms with E-state index < -0.39 is 17.2 Å². The van der Waals surface area contributed by atoms with Gasteiger partial charge in [-0.25, -0.2) is 4.79 Å². The molecular weight excluding hydrogens is 368 g/mol. The monoisotopic (exact) mass is 384 g/mol. The Morgan fingerprint density at radius 2 is 1.85 bits per heavy atom. The Kier molecular flexibility index (Phi) is 5.14. The second kappa shape index (κ2) is 7.51. The average molecular weight is 385 g/mol. The van der Waals surface area contributed by atoms with Gasteiger partial charge in [0.05, 0.1) is 6.54 Å². The highest BCUT2D eigenvalue weighted by molar-refractivity contribution is 6.31. The summed E-state index contributed by atoms with van der Waals surface area (Å²) in [7, 11) is 1.42. The maximum Gasteiger partial charge on any atom is 0.330 e. The van der Waals surface area contributed by atoms with E-state index in [0.717, 1.165) is 10.5 Å². The number of amides is 1. The molecule has 1 aromatic heterocycles. The number of nitrogens with two attached hydrogens (primary N) is 1. The fourth-order valence-corrected chi connectivity index (χ4v) is 2.93. The van der Waals surface area contributed by atoms with Gasteiger partial charge in [-0.2, -0.15) is 0 Å². The number of nitrogens with zero attached hydrogens (tertiary/aromatic N) is 2. The third-order valence-corrected chi connectivity index (χ3v) is 4.34. The van der Waals surface area contributed by atoms with E-state index in [9.17, 15) is 14.4 Å². The number of aromatic amines is 1. The predicted octanol–water partition coefficient (Wildman–Crippen LogP) is 2.10. The van der Waals surface area contributed by atoms with Gasteiger partial charge in [0.25, 0.3) is 11.5 Å². The fraction of sp³-hybridized carbons (Fsp3) is 0.105. The lowest BCUT2D eigenvalue weighted by molar-refractivity contribution is 0.0992. The van der Waals surface area contributed by atoms with Crippen molar-refractivity contribution in [3.05, 3.63) is 91.6 Å². The number of benzene rings is 2. The van der Waals surface area contributed by atoms with Crippen LogP contribution in [-0.4, -0.2) is 22.5 Å². The molecule has 0 fully saturated rings. The first kappa shape index (κ1) is 18.5. The van der Waals surface area contributed by atoms with Crippen molar-refractivity contribution in [1.29, 1.82) is 0 Å². The molecule has 0 radical (unpaired) electrons. The molecule has 0 saturated heterocycles. The summed E-state index contributed by atoms with van der Waals surface area (Å²) < 4.78 is 1.22. The van der Waals surface area contributed by atoms with Crippen LogP contribution in [0.4, 0.5) is 11.5 Å². The van der Waals surface area contributed by atoms with Gasteiger partial charge in [-0.15, -0.1) is 0 Å². The molecule has 3 rings (SSSR count). The molecule has 1 heterocycles. The maximum atomic E-state index is 12.7. The number of halogens is 1. The second-order valence-electron chi connectivity index (χ2n) is 5.94. The topological polar surface area (TPSA) is 101 Å². The third-order valence-electron chi connectivity index (χ3n) is 4.11. The number of rotatable bonds is 4. The number of nitrogen functional groups attached to an aromatic ring is 1. The highest BCUT2D eigenvalue weighted by Crippen LogP contribution is 2.20. The molecule has 8 heteroatoms. The van der Waals surface area contributed by atoms with Crippen LogP contribution in [0.15, 0.2) is 64.2 Å². The Morgan fingerprint density at radius 3 is 2.52 bits per heavy atom. The van der Waals surface area contributed by atoms with Gasteiger partial charge in [0.1, 0.15) is 5.82 Å². The number of H-pyrrole nitrogens is 1. The summed E-state index contributed by atoms with van der Waals surface area (Å²) in [5.41, 5.74) is 5.74. The van der Waals surface area contributed by atoms with Crippen LogP contribution < -0.4 is 21.9 Å². The minimum absolute atomic E-state index is 0.0921. The molecule has 2 aromatic carbocycles. The molecule has 0 bridgehead atoms. The Labute approximate surface area is 159 Å². The van der Waals surface area contributed by atoms with Gasteiger partial charge >= 0.3 is 5.69 Å². The van der Waals surface area contributed by atoms with Crippen molar-refractivity contribution in [2.24, 2.45) is 0 Å². The van der Waals surface area contributed by atoms with Gasteiger partial charge in [-0.05, 0) is 23.8 Å². The van der Waals surface area contributed by atoms with E-state index in [-0.39, 0.29) is 18.1 Å². The van der Waals surface area contributed by atoms with Crippen LogP contribution in [0.2, 0.25) is 5.02 Å². The second-order valence-corrected chi connectivity index (χ2v) is 6.38. The van der Waals surface area contributed by atoms with E-state index in [1.807, 2.05) is 30.3 Å². The molecule has 0 aliphatic rings. The fourth-order valence-electron chi connectivity index (χ4n) is 2.74. The Morgan fingerprint density at radius 1 is 1.15 bits per heavy atom. The zero-order chi connectivity index (χ0) is 19.6. The van der Waals surface area contributed by atoms with E-state index in [0.29, 0.717) is 10.6 Å². The number of hydrogen-bond acceptors (Lipinski definition) is 4. The number of carbonyl (C=O) groups excluding carboxylic acids is 1. The first-order valence-electron chi connectivity index (χ1n) is 8.08. The van der Waals surface area contributed by atoms with Crippen molar-refractivity contribution in [1.82, 2.24) is 9.55 Å². The summed E-state index contributed by atoms with van der Waals surface area (Å²) in [4.78, 5) is 40.6. The molecule has 7 nitrogen and oxygen atoms in total. The predicted molar refractivity (Wildman–Crippen MR) is 105 cm³/mol. The zero-order valence-corrected chi connectivity index (χ0v) is 15.2. The van der Waals surface area contributed by atoms with Crippen LogP contribution in [-0.2, 0) is 6.54 Å². The van der Waals surface area contributed by atoms with E-state index in [4.69, 9.17) is 17.3 Å². The largest absolute Gasteiger partial charge is 0.383 e. The van der Waals surface area contributed by atoms with Crippen LogP contribution in [0, 0.1) is 0 Å². The van der Waals surface area contributed by atoms with E-state index >= 15 is 0 Å². The quantitative estimate of drug-likeness (QED) is 0.719. The average Bonchev–Trinajstić information content (AvgIpc) is 2.65. The molecule has 1 amide bonds. The SMILES string of the molecule is CN(C(=O)c1cccc(Cl)c1)c1c(N)n(Cc2ccccc2)c(=O)[nH]c1=O. The van der Waals surface area contributed by atoms with Crippen LogP contribution >= 0.6 is 11.6 Å². The minimum Gasteiger partial charge on any atom is -0.383 e. The third kappa shape index (κ3) is 3.78. The Balaban J connectivity index is 2.05. The molecular formula is C19H17ClN4O3. The van der Waals surface area contributed by atoms with Gasteiger partial charge in [0, 0.05) is 17.6 Å². The smallest absolute Gasteiger partial charge is 0.330 e. The van der Waals surface area contributed by atoms with E-state index in [1.54, 1.807) is 18.2 Å². The summed E-state index contributed by atoms with van der Waals surface area (Å²) in [6, 6.07) is 15.5. The normalized spacial score (nSPS) is 10.6. The number of nitrogens with one attached hydrogen (secondary N) is 1. The molecule has 0 atom stereocenters. The van der Waals surface area contributed by atoms with Crippen LogP contribution in [0.25, 0.3) is 0 Å². The molecule has 0 saturated carbocycles. The Hall–Kier alpha value is -3.32. The van der Waals surface area contributed by atoms with Crippen LogP contribution in [0.5, 0.6) is 0 Å². The highest BCUT2D eigenvalue weighted by Gasteiger charge is 2.22. The lowest BCUT2D eigenvalue weighted by atomic mass is 10.2. The van der Waals surface area contributed by atoms with Gasteiger partial charge in [-0.3, -0.25) is 19.1 Å². The number of anilines is 2. The van der Waals surface area contributed by atoms with E-state index in [2.05, 4.69) is 4.98 Å². The lowest BCUT2D eigenvalue weighted by Crippen LogP contribution is -2.39. The maximum absolute atomic E-state index is 12.7. The molecule has 3 N–H and O–H groups in total. The van der Waals surface area contributed by atoms with Crippen LogP contribution in [0.3, 0.4) is 0 Å². The molecule has 0 aliphatic carbocycles. The van der Waals surface area contributed by atoms with Crippen molar-refractivity contribution in [2.45, 2.75) is 6.54 Å². The minimum atomic E-state index is -0.736. The van der Waals surface area contributed by atoms with Crippen molar-refractivity contribution in [3.63, 3.8) is 0 Å². The van der Waals surface area contributed by atoms with Crippen molar-refractivity contribution < 1.29 is 4.79 Å². The number of hydrogen-bond donors (Lipinski definition) is 2. The lowest BCUT2D eigenvalue weighted by Gasteiger charge is -2.20. The van der Waals surface area contributed by atoms with Gasteiger partial charge in [-0.1, -0.05) is 48.0 Å². The van der Waals surface area contributed by atoms with E-state index in [1.165, 1.54) is 17.7 Å². The summed E-state index contributed by atoms with van der Waals surface area (Å²) >= 11 is 5.93. The summed E-state index contributed by atoms with van der Waals surface area (Å²) in [6.07, 6.45) is 0. The van der Waals surface area contributed by atoms with Gasteiger partial charge in [0.2, 0.25) is 0 Å². The van der Waals surface area contributed by atoms with Crippen molar-refractivity contribution in [2.75, 3.05) is 17.7 Å². The van der Waals surface area contributed by atoms with Gasteiger partial charge < -0.3 is 10.6 Å². The molecule has 27 heavy (non-hydrogen) atoms. The summed E-state index contributed by atoms with van der Waals surface area (Å²) in [5.74, 6) is -0.565.